The molecule has 8 heteroatoms. The molecule has 0 unspecified atom stereocenters. The third-order valence-electron chi connectivity index (χ3n) is 5.90. The fourth-order valence-electron chi connectivity index (χ4n) is 4.35. The third-order valence-corrected chi connectivity index (χ3v) is 7.90. The van der Waals surface area contributed by atoms with Crippen molar-refractivity contribution in [3.63, 3.8) is 0 Å². The van der Waals surface area contributed by atoms with Gasteiger partial charge in [0.1, 0.15) is 0 Å². The van der Waals surface area contributed by atoms with Gasteiger partial charge in [0.2, 0.25) is 5.91 Å². The molecule has 0 atom stereocenters. The highest BCUT2D eigenvalue weighted by Crippen LogP contribution is 2.44. The van der Waals surface area contributed by atoms with Crippen molar-refractivity contribution in [1.82, 2.24) is 5.32 Å². The minimum absolute atomic E-state index is 0.0387. The molecule has 0 radical (unpaired) electrons. The van der Waals surface area contributed by atoms with Crippen LogP contribution in [-0.2, 0) is 4.79 Å². The Bertz CT molecular complexity index is 1200. The number of hydrogen-bond acceptors (Lipinski definition) is 5. The quantitative estimate of drug-likeness (QED) is 0.531. The van der Waals surface area contributed by atoms with Crippen LogP contribution in [0, 0.1) is 0 Å². The van der Waals surface area contributed by atoms with Crippen molar-refractivity contribution in [2.75, 3.05) is 16.8 Å². The number of hydrogen-bond donors (Lipinski definition) is 2. The third kappa shape index (κ3) is 4.54. The Morgan fingerprint density at radius 1 is 1.00 bits per heavy atom. The van der Waals surface area contributed by atoms with Crippen LogP contribution in [-0.4, -0.2) is 30.3 Å². The Morgan fingerprint density at radius 2 is 1.82 bits per heavy atom. The van der Waals surface area contributed by atoms with E-state index in [9.17, 15) is 14.4 Å². The van der Waals surface area contributed by atoms with Crippen LogP contribution in [0.1, 0.15) is 45.7 Å². The summed E-state index contributed by atoms with van der Waals surface area (Å²) in [6, 6.07) is 17.0. The van der Waals surface area contributed by atoms with E-state index in [-0.39, 0.29) is 30.3 Å². The number of benzene rings is 2. The van der Waals surface area contributed by atoms with E-state index in [1.165, 1.54) is 11.3 Å². The second-order valence-electron chi connectivity index (χ2n) is 8.10. The summed E-state index contributed by atoms with van der Waals surface area (Å²) >= 11 is 2.88. The maximum absolute atomic E-state index is 13.5. The van der Waals surface area contributed by atoms with E-state index in [0.717, 1.165) is 41.2 Å². The van der Waals surface area contributed by atoms with Gasteiger partial charge in [-0.1, -0.05) is 42.8 Å². The summed E-state index contributed by atoms with van der Waals surface area (Å²) in [5.41, 5.74) is 2.24. The summed E-state index contributed by atoms with van der Waals surface area (Å²) in [5.74, 6) is -0.528. The molecule has 168 valence electrons. The molecular formula is C25H23N3O3S2. The van der Waals surface area contributed by atoms with Gasteiger partial charge in [0, 0.05) is 21.5 Å². The molecule has 2 heterocycles. The molecule has 5 rings (SSSR count). The molecular weight excluding hydrogens is 454 g/mol. The number of thiophene rings is 1. The lowest BCUT2D eigenvalue weighted by atomic mass is 10.1. The van der Waals surface area contributed by atoms with Gasteiger partial charge in [0.25, 0.3) is 11.8 Å². The molecule has 3 aromatic rings. The first-order valence-electron chi connectivity index (χ1n) is 11.0. The topological polar surface area (TPSA) is 78.5 Å². The van der Waals surface area contributed by atoms with E-state index in [1.807, 2.05) is 52.7 Å². The summed E-state index contributed by atoms with van der Waals surface area (Å²) in [4.78, 5) is 42.4. The van der Waals surface area contributed by atoms with E-state index >= 15 is 0 Å². The zero-order chi connectivity index (χ0) is 22.8. The molecule has 1 fully saturated rings. The number of nitrogens with one attached hydrogen (secondary N) is 2. The van der Waals surface area contributed by atoms with E-state index in [2.05, 4.69) is 10.6 Å². The van der Waals surface area contributed by atoms with E-state index in [1.54, 1.807) is 23.9 Å². The van der Waals surface area contributed by atoms with Crippen molar-refractivity contribution in [2.24, 2.45) is 0 Å². The standard InChI is InChI=1S/C25H23N3O3S2/c29-23(15-26-24(30)21-10-5-13-32-21)27-16-11-12-19-22(14-16)33-20-9-4-3-8-18(20)25(31)28(19)17-6-1-2-7-17/h3-5,8-14,17H,1-2,6-7,15H2,(H,26,30)(H,27,29). The van der Waals surface area contributed by atoms with Crippen LogP contribution in [0.4, 0.5) is 11.4 Å². The number of rotatable bonds is 5. The second kappa shape index (κ2) is 9.41. The van der Waals surface area contributed by atoms with Gasteiger partial charge in [-0.2, -0.15) is 0 Å². The van der Waals surface area contributed by atoms with E-state index in [4.69, 9.17) is 0 Å². The molecule has 2 aliphatic rings. The lowest BCUT2D eigenvalue weighted by molar-refractivity contribution is -0.115. The number of carbonyl (C=O) groups is 3. The highest BCUT2D eigenvalue weighted by atomic mass is 32.2. The van der Waals surface area contributed by atoms with Crippen LogP contribution >= 0.6 is 23.1 Å². The fourth-order valence-corrected chi connectivity index (χ4v) is 6.09. The van der Waals surface area contributed by atoms with Gasteiger partial charge in [-0.15, -0.1) is 11.3 Å². The highest BCUT2D eigenvalue weighted by molar-refractivity contribution is 7.99. The first kappa shape index (κ1) is 21.7. The van der Waals surface area contributed by atoms with Gasteiger partial charge in [0.05, 0.1) is 22.7 Å². The largest absolute Gasteiger partial charge is 0.342 e. The van der Waals surface area contributed by atoms with Crippen LogP contribution in [0.3, 0.4) is 0 Å². The van der Waals surface area contributed by atoms with Crippen LogP contribution in [0.15, 0.2) is 69.8 Å². The minimum atomic E-state index is -0.303. The Kier molecular flexibility index (Phi) is 6.20. The Morgan fingerprint density at radius 3 is 2.61 bits per heavy atom. The van der Waals surface area contributed by atoms with Crippen LogP contribution in [0.25, 0.3) is 0 Å². The average Bonchev–Trinajstić information content (AvgIpc) is 3.52. The van der Waals surface area contributed by atoms with E-state index < -0.39 is 0 Å². The van der Waals surface area contributed by atoms with Gasteiger partial charge < -0.3 is 15.5 Å². The Balaban J connectivity index is 1.37. The van der Waals surface area contributed by atoms with Gasteiger partial charge in [-0.05, 0) is 54.6 Å². The molecule has 1 aliphatic heterocycles. The van der Waals surface area contributed by atoms with Gasteiger partial charge in [-0.3, -0.25) is 14.4 Å². The van der Waals surface area contributed by atoms with Gasteiger partial charge >= 0.3 is 0 Å². The average molecular weight is 478 g/mol. The molecule has 1 aromatic heterocycles. The first-order chi connectivity index (χ1) is 16.1. The van der Waals surface area contributed by atoms with Crippen molar-refractivity contribution < 1.29 is 14.4 Å². The molecule has 33 heavy (non-hydrogen) atoms. The molecule has 6 nitrogen and oxygen atoms in total. The molecule has 2 aromatic carbocycles. The number of carbonyl (C=O) groups excluding carboxylic acids is 3. The lowest BCUT2D eigenvalue weighted by Gasteiger charge is -2.29. The Labute approximate surface area is 200 Å². The van der Waals surface area contributed by atoms with Crippen LogP contribution in [0.5, 0.6) is 0 Å². The van der Waals surface area contributed by atoms with Crippen molar-refractivity contribution >= 4 is 52.2 Å². The molecule has 0 saturated heterocycles. The second-order valence-corrected chi connectivity index (χ2v) is 10.1. The Hall–Kier alpha value is -3.10. The maximum atomic E-state index is 13.5. The minimum Gasteiger partial charge on any atom is -0.342 e. The summed E-state index contributed by atoms with van der Waals surface area (Å²) in [6.07, 6.45) is 4.26. The van der Waals surface area contributed by atoms with Gasteiger partial charge in [0.15, 0.2) is 0 Å². The van der Waals surface area contributed by atoms with Crippen LogP contribution in [0.2, 0.25) is 0 Å². The number of fused-ring (bicyclic) bond motifs is 2. The number of anilines is 2. The van der Waals surface area contributed by atoms with Gasteiger partial charge in [-0.25, -0.2) is 0 Å². The predicted octanol–water partition coefficient (Wildman–Crippen LogP) is 5.17. The molecule has 1 aliphatic carbocycles. The lowest BCUT2D eigenvalue weighted by Crippen LogP contribution is -2.39. The SMILES string of the molecule is O=C(CNC(=O)c1cccs1)Nc1ccc2c(c1)Sc1ccccc1C(=O)N2C1CCCC1. The predicted molar refractivity (Wildman–Crippen MR) is 131 cm³/mol. The fraction of sp³-hybridized carbons (Fsp3) is 0.240. The number of nitrogens with zero attached hydrogens (tertiary/aromatic N) is 1. The first-order valence-corrected chi connectivity index (χ1v) is 12.7. The molecule has 0 bridgehead atoms. The molecule has 2 N–H and O–H groups in total. The summed E-state index contributed by atoms with van der Waals surface area (Å²) in [5, 5.41) is 7.33. The molecule has 0 spiro atoms. The zero-order valence-electron chi connectivity index (χ0n) is 17.9. The summed E-state index contributed by atoms with van der Waals surface area (Å²) < 4.78 is 0. The molecule has 1 saturated carbocycles. The maximum Gasteiger partial charge on any atom is 0.261 e. The molecule has 3 amide bonds. The van der Waals surface area contributed by atoms with Crippen molar-refractivity contribution in [3.05, 3.63) is 70.4 Å². The van der Waals surface area contributed by atoms with Crippen molar-refractivity contribution in [2.45, 2.75) is 41.5 Å². The van der Waals surface area contributed by atoms with Crippen molar-refractivity contribution in [3.8, 4) is 0 Å². The van der Waals surface area contributed by atoms with Crippen LogP contribution < -0.4 is 15.5 Å². The number of amides is 3. The normalized spacial score (nSPS) is 15.5. The summed E-state index contributed by atoms with van der Waals surface area (Å²) in [6.45, 7) is -0.115. The van der Waals surface area contributed by atoms with Crippen molar-refractivity contribution in [1.29, 1.82) is 0 Å². The zero-order valence-corrected chi connectivity index (χ0v) is 19.5. The highest BCUT2D eigenvalue weighted by Gasteiger charge is 2.34. The smallest absolute Gasteiger partial charge is 0.261 e. The van der Waals surface area contributed by atoms with E-state index in [0.29, 0.717) is 16.1 Å². The summed E-state index contributed by atoms with van der Waals surface area (Å²) in [7, 11) is 0. The monoisotopic (exact) mass is 477 g/mol.